The first kappa shape index (κ1) is 14.1. The number of ether oxygens (including phenoxy) is 1. The molecule has 2 rings (SSSR count). The van der Waals surface area contributed by atoms with Gasteiger partial charge in [0.05, 0.1) is 6.61 Å². The molecular weight excluding hydrogens is 238 g/mol. The van der Waals surface area contributed by atoms with Gasteiger partial charge in [-0.1, -0.05) is 24.3 Å². The number of para-hydroxylation sites is 1. The average molecular weight is 261 g/mol. The summed E-state index contributed by atoms with van der Waals surface area (Å²) in [5, 5.41) is 9.11. The van der Waals surface area contributed by atoms with E-state index in [4.69, 9.17) is 9.84 Å². The highest BCUT2D eigenvalue weighted by Crippen LogP contribution is 2.37. The second-order valence-electron chi connectivity index (χ2n) is 5.69. The molecule has 0 atom stereocenters. The number of rotatable bonds is 6. The molecule has 0 bridgehead atoms. The summed E-state index contributed by atoms with van der Waals surface area (Å²) in [7, 11) is 0. The number of hydrogen-bond donors (Lipinski definition) is 1. The lowest BCUT2D eigenvalue weighted by Crippen LogP contribution is -2.27. The standard InChI is InChI=1S/C16H23NO2/c1-4-8-17(9-10-18)12-14-7-5-6-13-11-16(2,3)19-15(13)14/h4-7,18H,1,8-12H2,2-3H3. The van der Waals surface area contributed by atoms with Crippen molar-refractivity contribution < 1.29 is 9.84 Å². The maximum Gasteiger partial charge on any atom is 0.127 e. The zero-order valence-corrected chi connectivity index (χ0v) is 11.9. The number of fused-ring (bicyclic) bond motifs is 1. The molecule has 104 valence electrons. The highest BCUT2D eigenvalue weighted by atomic mass is 16.5. The van der Waals surface area contributed by atoms with E-state index in [1.54, 1.807) is 0 Å². The molecule has 0 fully saturated rings. The van der Waals surface area contributed by atoms with Crippen molar-refractivity contribution in [1.82, 2.24) is 4.90 Å². The van der Waals surface area contributed by atoms with E-state index >= 15 is 0 Å². The fourth-order valence-corrected chi connectivity index (χ4v) is 2.60. The van der Waals surface area contributed by atoms with Gasteiger partial charge < -0.3 is 9.84 Å². The smallest absolute Gasteiger partial charge is 0.127 e. The van der Waals surface area contributed by atoms with E-state index in [1.165, 1.54) is 11.1 Å². The number of nitrogens with zero attached hydrogens (tertiary/aromatic N) is 1. The van der Waals surface area contributed by atoms with Gasteiger partial charge in [-0.15, -0.1) is 6.58 Å². The third kappa shape index (κ3) is 3.37. The fraction of sp³-hybridized carbons (Fsp3) is 0.500. The minimum atomic E-state index is -0.112. The molecule has 0 saturated heterocycles. The van der Waals surface area contributed by atoms with Gasteiger partial charge in [0.2, 0.25) is 0 Å². The number of aliphatic hydroxyl groups excluding tert-OH is 1. The second-order valence-corrected chi connectivity index (χ2v) is 5.69. The molecule has 3 nitrogen and oxygen atoms in total. The SMILES string of the molecule is C=CCN(CCO)Cc1cccc2c1OC(C)(C)C2. The van der Waals surface area contributed by atoms with Crippen molar-refractivity contribution >= 4 is 0 Å². The highest BCUT2D eigenvalue weighted by Gasteiger charge is 2.31. The molecule has 0 spiro atoms. The monoisotopic (exact) mass is 261 g/mol. The molecule has 0 radical (unpaired) electrons. The summed E-state index contributed by atoms with van der Waals surface area (Å²) in [6.45, 7) is 10.4. The first-order valence-corrected chi connectivity index (χ1v) is 6.79. The maximum atomic E-state index is 9.11. The minimum absolute atomic E-state index is 0.112. The number of aliphatic hydroxyl groups is 1. The predicted octanol–water partition coefficient (Wildman–Crippen LogP) is 2.38. The lowest BCUT2D eigenvalue weighted by molar-refractivity contribution is 0.134. The van der Waals surface area contributed by atoms with Crippen LogP contribution in [0.1, 0.15) is 25.0 Å². The van der Waals surface area contributed by atoms with Crippen LogP contribution in [0.2, 0.25) is 0 Å². The first-order valence-electron chi connectivity index (χ1n) is 6.79. The van der Waals surface area contributed by atoms with E-state index < -0.39 is 0 Å². The van der Waals surface area contributed by atoms with Gasteiger partial charge in [-0.2, -0.15) is 0 Å². The molecule has 0 aliphatic carbocycles. The molecule has 1 aliphatic heterocycles. The summed E-state index contributed by atoms with van der Waals surface area (Å²) in [6.07, 6.45) is 2.82. The van der Waals surface area contributed by atoms with Crippen LogP contribution in [0, 0.1) is 0 Å². The summed E-state index contributed by atoms with van der Waals surface area (Å²) in [5.74, 6) is 1.03. The van der Waals surface area contributed by atoms with Crippen molar-refractivity contribution in [2.45, 2.75) is 32.4 Å². The van der Waals surface area contributed by atoms with Crippen LogP contribution < -0.4 is 4.74 Å². The van der Waals surface area contributed by atoms with E-state index in [1.807, 2.05) is 6.08 Å². The maximum absolute atomic E-state index is 9.11. The first-order chi connectivity index (χ1) is 9.05. The molecule has 1 aliphatic rings. The van der Waals surface area contributed by atoms with E-state index in [0.717, 1.165) is 25.3 Å². The van der Waals surface area contributed by atoms with Crippen LogP contribution >= 0.6 is 0 Å². The molecule has 0 saturated carbocycles. The molecule has 19 heavy (non-hydrogen) atoms. The van der Waals surface area contributed by atoms with Crippen LogP contribution in [0.4, 0.5) is 0 Å². The van der Waals surface area contributed by atoms with Crippen molar-refractivity contribution in [1.29, 1.82) is 0 Å². The molecule has 3 heteroatoms. The zero-order chi connectivity index (χ0) is 13.9. The lowest BCUT2D eigenvalue weighted by atomic mass is 10.0. The third-order valence-electron chi connectivity index (χ3n) is 3.37. The van der Waals surface area contributed by atoms with Gasteiger partial charge in [-0.05, 0) is 19.4 Å². The summed E-state index contributed by atoms with van der Waals surface area (Å²) >= 11 is 0. The summed E-state index contributed by atoms with van der Waals surface area (Å²) in [6, 6.07) is 6.33. The Morgan fingerprint density at radius 1 is 1.47 bits per heavy atom. The second kappa shape index (κ2) is 5.76. The Morgan fingerprint density at radius 3 is 2.95 bits per heavy atom. The van der Waals surface area contributed by atoms with Crippen LogP contribution in [0.3, 0.4) is 0 Å². The van der Waals surface area contributed by atoms with E-state index in [9.17, 15) is 0 Å². The fourth-order valence-electron chi connectivity index (χ4n) is 2.60. The lowest BCUT2D eigenvalue weighted by Gasteiger charge is -2.22. The van der Waals surface area contributed by atoms with Crippen LogP contribution in [-0.2, 0) is 13.0 Å². The van der Waals surface area contributed by atoms with Crippen molar-refractivity contribution in [2.24, 2.45) is 0 Å². The van der Waals surface area contributed by atoms with E-state index in [-0.39, 0.29) is 12.2 Å². The molecule has 0 aromatic heterocycles. The van der Waals surface area contributed by atoms with Crippen molar-refractivity contribution in [3.05, 3.63) is 42.0 Å². The Morgan fingerprint density at radius 2 is 2.26 bits per heavy atom. The largest absolute Gasteiger partial charge is 0.487 e. The van der Waals surface area contributed by atoms with Gasteiger partial charge in [0.25, 0.3) is 0 Å². The van der Waals surface area contributed by atoms with Crippen molar-refractivity contribution in [2.75, 3.05) is 19.7 Å². The summed E-state index contributed by atoms with van der Waals surface area (Å²) < 4.78 is 6.07. The molecule has 0 amide bonds. The van der Waals surface area contributed by atoms with Crippen molar-refractivity contribution in [3.8, 4) is 5.75 Å². The number of benzene rings is 1. The normalized spacial score (nSPS) is 16.2. The van der Waals surface area contributed by atoms with Gasteiger partial charge in [0.1, 0.15) is 11.4 Å². The topological polar surface area (TPSA) is 32.7 Å². The Balaban J connectivity index is 2.18. The Hall–Kier alpha value is -1.32. The van der Waals surface area contributed by atoms with E-state index in [0.29, 0.717) is 6.54 Å². The van der Waals surface area contributed by atoms with Gasteiger partial charge in [0.15, 0.2) is 0 Å². The quantitative estimate of drug-likeness (QED) is 0.798. The van der Waals surface area contributed by atoms with Gasteiger partial charge >= 0.3 is 0 Å². The van der Waals surface area contributed by atoms with Gasteiger partial charge in [-0.3, -0.25) is 4.90 Å². The molecule has 1 N–H and O–H groups in total. The van der Waals surface area contributed by atoms with Crippen molar-refractivity contribution in [3.63, 3.8) is 0 Å². The molecule has 1 aromatic rings. The van der Waals surface area contributed by atoms with Crippen LogP contribution in [0.25, 0.3) is 0 Å². The Bertz CT molecular complexity index is 454. The molecule has 1 heterocycles. The van der Waals surface area contributed by atoms with Crippen LogP contribution in [-0.4, -0.2) is 35.3 Å². The third-order valence-corrected chi connectivity index (χ3v) is 3.37. The van der Waals surface area contributed by atoms with Crippen LogP contribution in [0.5, 0.6) is 5.75 Å². The molecule has 1 aromatic carbocycles. The highest BCUT2D eigenvalue weighted by molar-refractivity contribution is 5.45. The Kier molecular flexibility index (Phi) is 4.27. The molecular formula is C16H23NO2. The summed E-state index contributed by atoms with van der Waals surface area (Å²) in [5.41, 5.74) is 2.36. The zero-order valence-electron chi connectivity index (χ0n) is 11.9. The Labute approximate surface area is 115 Å². The summed E-state index contributed by atoms with van der Waals surface area (Å²) in [4.78, 5) is 2.16. The van der Waals surface area contributed by atoms with Gasteiger partial charge in [0, 0.05) is 31.6 Å². The van der Waals surface area contributed by atoms with Crippen LogP contribution in [0.15, 0.2) is 30.9 Å². The van der Waals surface area contributed by atoms with Gasteiger partial charge in [-0.25, -0.2) is 0 Å². The predicted molar refractivity (Wildman–Crippen MR) is 77.4 cm³/mol. The van der Waals surface area contributed by atoms with E-state index in [2.05, 4.69) is 43.5 Å². The number of hydrogen-bond acceptors (Lipinski definition) is 3. The average Bonchev–Trinajstić information content (AvgIpc) is 2.65. The molecule has 0 unspecified atom stereocenters. The minimum Gasteiger partial charge on any atom is -0.487 e.